The lowest BCUT2D eigenvalue weighted by Gasteiger charge is -2.02. The molecule has 0 aliphatic heterocycles. The molecule has 0 bridgehead atoms. The summed E-state index contributed by atoms with van der Waals surface area (Å²) in [5.74, 6) is 0.593. The van der Waals surface area contributed by atoms with Crippen LogP contribution in [-0.2, 0) is 6.54 Å². The van der Waals surface area contributed by atoms with Gasteiger partial charge in [-0.15, -0.1) is 11.3 Å². The number of pyridine rings is 1. The molecule has 0 aromatic carbocycles. The fraction of sp³-hybridized carbons (Fsp3) is 0.200. The van der Waals surface area contributed by atoms with Gasteiger partial charge in [-0.2, -0.15) is 0 Å². The van der Waals surface area contributed by atoms with E-state index in [2.05, 4.69) is 9.97 Å². The van der Waals surface area contributed by atoms with E-state index >= 15 is 0 Å². The number of rotatable bonds is 3. The average Bonchev–Trinajstić information content (AvgIpc) is 2.77. The van der Waals surface area contributed by atoms with Gasteiger partial charge in [-0.1, -0.05) is 0 Å². The molecule has 0 spiro atoms. The predicted molar refractivity (Wildman–Crippen MR) is 59.8 cm³/mol. The fourth-order valence-corrected chi connectivity index (χ4v) is 2.09. The summed E-state index contributed by atoms with van der Waals surface area (Å²) in [6.45, 7) is 0.457. The number of ether oxygens (including phenoxy) is 1. The number of nitrogens with two attached hydrogens (primary N) is 1. The van der Waals surface area contributed by atoms with Crippen molar-refractivity contribution in [3.05, 3.63) is 29.4 Å². The van der Waals surface area contributed by atoms with Gasteiger partial charge in [0.25, 0.3) is 0 Å². The lowest BCUT2D eigenvalue weighted by Crippen LogP contribution is -1.96. The second-order valence-corrected chi connectivity index (χ2v) is 3.77. The molecule has 0 radical (unpaired) electrons. The van der Waals surface area contributed by atoms with Gasteiger partial charge in [0.15, 0.2) is 0 Å². The van der Waals surface area contributed by atoms with Gasteiger partial charge < -0.3 is 10.5 Å². The molecule has 0 saturated heterocycles. The molecule has 0 atom stereocenters. The first-order chi connectivity index (χ1) is 7.35. The number of hydrogen-bond donors (Lipinski definition) is 1. The van der Waals surface area contributed by atoms with E-state index in [0.717, 1.165) is 16.3 Å². The average molecular weight is 221 g/mol. The first-order valence-electron chi connectivity index (χ1n) is 4.49. The van der Waals surface area contributed by atoms with Crippen molar-refractivity contribution in [1.82, 2.24) is 9.97 Å². The minimum Gasteiger partial charge on any atom is -0.480 e. The molecule has 0 fully saturated rings. The molecule has 2 heterocycles. The molecule has 0 aliphatic carbocycles. The van der Waals surface area contributed by atoms with Crippen LogP contribution in [0.2, 0.25) is 0 Å². The number of hydrogen-bond acceptors (Lipinski definition) is 5. The zero-order valence-electron chi connectivity index (χ0n) is 8.30. The van der Waals surface area contributed by atoms with Crippen LogP contribution in [-0.4, -0.2) is 17.1 Å². The normalized spacial score (nSPS) is 10.3. The van der Waals surface area contributed by atoms with E-state index in [1.807, 2.05) is 17.5 Å². The van der Waals surface area contributed by atoms with E-state index in [1.165, 1.54) is 0 Å². The quantitative estimate of drug-likeness (QED) is 0.856. The molecular formula is C10H11N3OS. The Balaban J connectivity index is 2.44. The standard InChI is InChI=1S/C10H11N3OS/c1-14-9-8(3-2-4-12-9)10-13-7(5-11)6-15-10/h2-4,6H,5,11H2,1H3. The molecule has 0 unspecified atom stereocenters. The Labute approximate surface area is 91.8 Å². The maximum Gasteiger partial charge on any atom is 0.223 e. The monoisotopic (exact) mass is 221 g/mol. The molecule has 2 aromatic rings. The van der Waals surface area contributed by atoms with E-state index in [-0.39, 0.29) is 0 Å². The van der Waals surface area contributed by atoms with Crippen LogP contribution in [0.3, 0.4) is 0 Å². The molecule has 78 valence electrons. The minimum absolute atomic E-state index is 0.457. The minimum atomic E-state index is 0.457. The number of aromatic nitrogens is 2. The van der Waals surface area contributed by atoms with Crippen LogP contribution >= 0.6 is 11.3 Å². The maximum absolute atomic E-state index is 5.51. The second kappa shape index (κ2) is 4.37. The Kier molecular flexibility index (Phi) is 2.94. The van der Waals surface area contributed by atoms with Gasteiger partial charge in [0.1, 0.15) is 5.01 Å². The molecule has 0 aliphatic rings. The van der Waals surface area contributed by atoms with Crippen LogP contribution in [0, 0.1) is 0 Å². The molecule has 0 saturated carbocycles. The summed E-state index contributed by atoms with van der Waals surface area (Å²) in [6, 6.07) is 3.80. The third-order valence-corrected chi connectivity index (χ3v) is 2.88. The van der Waals surface area contributed by atoms with Crippen molar-refractivity contribution in [2.45, 2.75) is 6.54 Å². The Morgan fingerprint density at radius 3 is 3.07 bits per heavy atom. The van der Waals surface area contributed by atoms with Crippen molar-refractivity contribution in [1.29, 1.82) is 0 Å². The molecule has 0 amide bonds. The van der Waals surface area contributed by atoms with Gasteiger partial charge in [0.05, 0.1) is 18.4 Å². The predicted octanol–water partition coefficient (Wildman–Crippen LogP) is 1.67. The van der Waals surface area contributed by atoms with Gasteiger partial charge in [0, 0.05) is 18.1 Å². The Hall–Kier alpha value is -1.46. The van der Waals surface area contributed by atoms with Crippen molar-refractivity contribution >= 4 is 11.3 Å². The third-order valence-electron chi connectivity index (χ3n) is 1.96. The summed E-state index contributed by atoms with van der Waals surface area (Å²) in [4.78, 5) is 8.50. The first kappa shape index (κ1) is 10.1. The van der Waals surface area contributed by atoms with Crippen LogP contribution in [0.25, 0.3) is 10.6 Å². The van der Waals surface area contributed by atoms with Crippen LogP contribution in [0.5, 0.6) is 5.88 Å². The van der Waals surface area contributed by atoms with Crippen molar-refractivity contribution < 1.29 is 4.74 Å². The van der Waals surface area contributed by atoms with Crippen molar-refractivity contribution in [3.8, 4) is 16.5 Å². The van der Waals surface area contributed by atoms with Gasteiger partial charge in [0.2, 0.25) is 5.88 Å². The van der Waals surface area contributed by atoms with Crippen LogP contribution < -0.4 is 10.5 Å². The molecule has 2 rings (SSSR count). The van der Waals surface area contributed by atoms with Gasteiger partial charge >= 0.3 is 0 Å². The lowest BCUT2D eigenvalue weighted by molar-refractivity contribution is 0.399. The molecular weight excluding hydrogens is 210 g/mol. The summed E-state index contributed by atoms with van der Waals surface area (Å²) in [7, 11) is 1.60. The highest BCUT2D eigenvalue weighted by molar-refractivity contribution is 7.13. The van der Waals surface area contributed by atoms with Gasteiger partial charge in [-0.05, 0) is 12.1 Å². The lowest BCUT2D eigenvalue weighted by atomic mass is 10.3. The van der Waals surface area contributed by atoms with Crippen LogP contribution in [0.4, 0.5) is 0 Å². The summed E-state index contributed by atoms with van der Waals surface area (Å²) < 4.78 is 5.17. The highest BCUT2D eigenvalue weighted by atomic mass is 32.1. The number of methoxy groups -OCH3 is 1. The summed E-state index contributed by atoms with van der Waals surface area (Å²) in [5, 5.41) is 2.84. The molecule has 4 nitrogen and oxygen atoms in total. The fourth-order valence-electron chi connectivity index (χ4n) is 1.24. The number of thiazole rings is 1. The Bertz CT molecular complexity index is 455. The van der Waals surface area contributed by atoms with E-state index in [4.69, 9.17) is 10.5 Å². The zero-order chi connectivity index (χ0) is 10.7. The van der Waals surface area contributed by atoms with Crippen molar-refractivity contribution in [2.75, 3.05) is 7.11 Å². The highest BCUT2D eigenvalue weighted by Crippen LogP contribution is 2.29. The van der Waals surface area contributed by atoms with Crippen LogP contribution in [0.15, 0.2) is 23.7 Å². The largest absolute Gasteiger partial charge is 0.480 e. The van der Waals surface area contributed by atoms with Gasteiger partial charge in [-0.25, -0.2) is 9.97 Å². The highest BCUT2D eigenvalue weighted by Gasteiger charge is 2.09. The van der Waals surface area contributed by atoms with Crippen molar-refractivity contribution in [3.63, 3.8) is 0 Å². The SMILES string of the molecule is COc1ncccc1-c1nc(CN)cs1. The van der Waals surface area contributed by atoms with E-state index in [1.54, 1.807) is 24.6 Å². The summed E-state index contributed by atoms with van der Waals surface area (Å²) in [6.07, 6.45) is 1.69. The molecule has 2 N–H and O–H groups in total. The molecule has 15 heavy (non-hydrogen) atoms. The smallest absolute Gasteiger partial charge is 0.223 e. The maximum atomic E-state index is 5.51. The van der Waals surface area contributed by atoms with E-state index < -0.39 is 0 Å². The zero-order valence-corrected chi connectivity index (χ0v) is 9.12. The third kappa shape index (κ3) is 1.98. The second-order valence-electron chi connectivity index (χ2n) is 2.91. The number of nitrogens with zero attached hydrogens (tertiary/aromatic N) is 2. The Morgan fingerprint density at radius 1 is 1.53 bits per heavy atom. The topological polar surface area (TPSA) is 61.0 Å². The van der Waals surface area contributed by atoms with Gasteiger partial charge in [-0.3, -0.25) is 0 Å². The summed E-state index contributed by atoms with van der Waals surface area (Å²) in [5.41, 5.74) is 7.31. The van der Waals surface area contributed by atoms with Crippen LogP contribution in [0.1, 0.15) is 5.69 Å². The first-order valence-corrected chi connectivity index (χ1v) is 5.37. The Morgan fingerprint density at radius 2 is 2.40 bits per heavy atom. The molecule has 5 heteroatoms. The van der Waals surface area contributed by atoms with E-state index in [0.29, 0.717) is 12.4 Å². The summed E-state index contributed by atoms with van der Waals surface area (Å²) >= 11 is 1.55. The molecule has 2 aromatic heterocycles. The van der Waals surface area contributed by atoms with Crippen molar-refractivity contribution in [2.24, 2.45) is 5.73 Å². The van der Waals surface area contributed by atoms with E-state index in [9.17, 15) is 0 Å².